The van der Waals surface area contributed by atoms with Gasteiger partial charge in [-0.2, -0.15) is 5.26 Å². The number of likely N-dealkylation sites (tertiary alicyclic amines) is 1. The molecule has 102 valence electrons. The summed E-state index contributed by atoms with van der Waals surface area (Å²) in [6, 6.07) is 7.50. The van der Waals surface area contributed by atoms with Crippen LogP contribution >= 0.6 is 0 Å². The van der Waals surface area contributed by atoms with Gasteiger partial charge in [0.1, 0.15) is 11.8 Å². The van der Waals surface area contributed by atoms with Crippen molar-refractivity contribution in [3.63, 3.8) is 0 Å². The predicted molar refractivity (Wildman–Crippen MR) is 75.7 cm³/mol. The second-order valence-corrected chi connectivity index (χ2v) is 5.99. The first kappa shape index (κ1) is 13.9. The Morgan fingerprint density at radius 1 is 1.32 bits per heavy atom. The Labute approximate surface area is 115 Å². The van der Waals surface area contributed by atoms with Gasteiger partial charge in [0.2, 0.25) is 0 Å². The van der Waals surface area contributed by atoms with Gasteiger partial charge in [-0.05, 0) is 37.3 Å². The van der Waals surface area contributed by atoms with Crippen molar-refractivity contribution in [2.75, 3.05) is 13.1 Å². The Morgan fingerprint density at radius 2 is 1.95 bits per heavy atom. The highest BCUT2D eigenvalue weighted by Gasteiger charge is 2.29. The van der Waals surface area contributed by atoms with E-state index in [2.05, 4.69) is 24.8 Å². The van der Waals surface area contributed by atoms with Gasteiger partial charge >= 0.3 is 0 Å². The molecular weight excluding hydrogens is 236 g/mol. The summed E-state index contributed by atoms with van der Waals surface area (Å²) in [4.78, 5) is 2.20. The lowest BCUT2D eigenvalue weighted by molar-refractivity contribution is 0.116. The lowest BCUT2D eigenvalue weighted by Gasteiger charge is -2.37. The second kappa shape index (κ2) is 5.63. The third kappa shape index (κ3) is 3.08. The zero-order valence-corrected chi connectivity index (χ0v) is 11.9. The summed E-state index contributed by atoms with van der Waals surface area (Å²) in [6.45, 7) is 8.30. The minimum Gasteiger partial charge on any atom is -0.508 e. The summed E-state index contributed by atoms with van der Waals surface area (Å²) in [5.41, 5.74) is 1.81. The number of hydrogen-bond donors (Lipinski definition) is 1. The number of rotatable bonds is 2. The molecule has 3 heteroatoms. The molecule has 1 aromatic rings. The SMILES string of the molecule is Cc1ccc(O)c(C(C#N)N2CC(C)CC(C)C2)c1. The fourth-order valence-corrected chi connectivity index (χ4v) is 3.16. The highest BCUT2D eigenvalue weighted by Crippen LogP contribution is 2.33. The molecular formula is C16H22N2O. The number of piperidine rings is 1. The molecule has 0 saturated carbocycles. The molecule has 0 aromatic heterocycles. The molecule has 3 nitrogen and oxygen atoms in total. The van der Waals surface area contributed by atoms with Crippen molar-refractivity contribution in [1.82, 2.24) is 4.90 Å². The van der Waals surface area contributed by atoms with Crippen molar-refractivity contribution in [1.29, 1.82) is 5.26 Å². The molecule has 0 spiro atoms. The van der Waals surface area contributed by atoms with Crippen LogP contribution < -0.4 is 0 Å². The number of benzene rings is 1. The van der Waals surface area contributed by atoms with Crippen LogP contribution in [0.4, 0.5) is 0 Å². The van der Waals surface area contributed by atoms with E-state index >= 15 is 0 Å². The van der Waals surface area contributed by atoms with Gasteiger partial charge in [0.25, 0.3) is 0 Å². The number of nitriles is 1. The molecule has 1 aromatic carbocycles. The Kier molecular flexibility index (Phi) is 4.11. The van der Waals surface area contributed by atoms with Gasteiger partial charge in [-0.25, -0.2) is 0 Å². The quantitative estimate of drug-likeness (QED) is 0.885. The van der Waals surface area contributed by atoms with Crippen molar-refractivity contribution >= 4 is 0 Å². The smallest absolute Gasteiger partial charge is 0.127 e. The summed E-state index contributed by atoms with van der Waals surface area (Å²) in [6.07, 6.45) is 1.22. The average Bonchev–Trinajstić information content (AvgIpc) is 2.33. The number of phenolic OH excluding ortho intramolecular Hbond substituents is 1. The molecule has 1 aliphatic rings. The second-order valence-electron chi connectivity index (χ2n) is 5.99. The van der Waals surface area contributed by atoms with Crippen LogP contribution in [0.15, 0.2) is 18.2 Å². The molecule has 0 radical (unpaired) electrons. The van der Waals surface area contributed by atoms with E-state index in [1.54, 1.807) is 6.07 Å². The van der Waals surface area contributed by atoms with Crippen molar-refractivity contribution in [3.05, 3.63) is 29.3 Å². The van der Waals surface area contributed by atoms with Crippen molar-refractivity contribution < 1.29 is 5.11 Å². The van der Waals surface area contributed by atoms with E-state index in [4.69, 9.17) is 0 Å². The van der Waals surface area contributed by atoms with Gasteiger partial charge in [0.05, 0.1) is 6.07 Å². The van der Waals surface area contributed by atoms with Gasteiger partial charge in [-0.1, -0.05) is 25.5 Å². The lowest BCUT2D eigenvalue weighted by Crippen LogP contribution is -2.40. The highest BCUT2D eigenvalue weighted by molar-refractivity contribution is 5.40. The summed E-state index contributed by atoms with van der Waals surface area (Å²) in [5.74, 6) is 1.43. The normalized spacial score (nSPS) is 25.8. The topological polar surface area (TPSA) is 47.3 Å². The van der Waals surface area contributed by atoms with Crippen LogP contribution in [0.1, 0.15) is 37.4 Å². The van der Waals surface area contributed by atoms with E-state index in [-0.39, 0.29) is 11.8 Å². The predicted octanol–water partition coefficient (Wildman–Crippen LogP) is 3.24. The number of aromatic hydroxyl groups is 1. The van der Waals surface area contributed by atoms with Gasteiger partial charge in [0, 0.05) is 18.7 Å². The zero-order chi connectivity index (χ0) is 14.0. The molecule has 2 rings (SSSR count). The molecule has 19 heavy (non-hydrogen) atoms. The number of hydrogen-bond acceptors (Lipinski definition) is 3. The summed E-state index contributed by atoms with van der Waals surface area (Å²) < 4.78 is 0. The molecule has 1 saturated heterocycles. The molecule has 1 fully saturated rings. The lowest BCUT2D eigenvalue weighted by atomic mass is 9.89. The van der Waals surface area contributed by atoms with Crippen LogP contribution in [-0.4, -0.2) is 23.1 Å². The Hall–Kier alpha value is -1.53. The first-order valence-electron chi connectivity index (χ1n) is 6.94. The van der Waals surface area contributed by atoms with Crippen LogP contribution in [-0.2, 0) is 0 Å². The van der Waals surface area contributed by atoms with Crippen LogP contribution in [0, 0.1) is 30.1 Å². The van der Waals surface area contributed by atoms with Crippen LogP contribution in [0.2, 0.25) is 0 Å². The summed E-state index contributed by atoms with van der Waals surface area (Å²) in [5, 5.41) is 19.5. The minimum absolute atomic E-state index is 0.225. The van der Waals surface area contributed by atoms with E-state index in [9.17, 15) is 10.4 Å². The maximum Gasteiger partial charge on any atom is 0.127 e. The Morgan fingerprint density at radius 3 is 2.53 bits per heavy atom. The first-order chi connectivity index (χ1) is 9.01. The number of aryl methyl sites for hydroxylation is 1. The Balaban J connectivity index is 2.29. The maximum absolute atomic E-state index is 10.0. The maximum atomic E-state index is 10.0. The average molecular weight is 258 g/mol. The van der Waals surface area contributed by atoms with E-state index in [1.165, 1.54) is 6.42 Å². The third-order valence-corrected chi connectivity index (χ3v) is 3.86. The fourth-order valence-electron chi connectivity index (χ4n) is 3.16. The minimum atomic E-state index is -0.343. The van der Waals surface area contributed by atoms with Crippen LogP contribution in [0.5, 0.6) is 5.75 Å². The van der Waals surface area contributed by atoms with Crippen molar-refractivity contribution in [3.8, 4) is 11.8 Å². The molecule has 3 unspecified atom stereocenters. The number of phenols is 1. The molecule has 1 aliphatic heterocycles. The fraction of sp³-hybridized carbons (Fsp3) is 0.562. The molecule has 0 bridgehead atoms. The zero-order valence-electron chi connectivity index (χ0n) is 11.9. The standard InChI is InChI=1S/C16H22N2O/c1-11-4-5-16(19)14(7-11)15(8-17)18-9-12(2)6-13(3)10-18/h4-5,7,12-13,15,19H,6,9-10H2,1-3H3. The monoisotopic (exact) mass is 258 g/mol. The van der Waals surface area contributed by atoms with Gasteiger partial charge < -0.3 is 5.11 Å². The van der Waals surface area contributed by atoms with Gasteiger partial charge in [0.15, 0.2) is 0 Å². The molecule has 1 heterocycles. The summed E-state index contributed by atoms with van der Waals surface area (Å²) >= 11 is 0. The van der Waals surface area contributed by atoms with Gasteiger partial charge in [-0.3, -0.25) is 4.90 Å². The summed E-state index contributed by atoms with van der Waals surface area (Å²) in [7, 11) is 0. The molecule has 3 atom stereocenters. The first-order valence-corrected chi connectivity index (χ1v) is 6.94. The van der Waals surface area contributed by atoms with Crippen molar-refractivity contribution in [2.45, 2.75) is 33.2 Å². The van der Waals surface area contributed by atoms with E-state index in [1.807, 2.05) is 19.1 Å². The largest absolute Gasteiger partial charge is 0.508 e. The molecule has 1 N–H and O–H groups in total. The van der Waals surface area contributed by atoms with E-state index in [0.29, 0.717) is 11.8 Å². The van der Waals surface area contributed by atoms with Crippen LogP contribution in [0.3, 0.4) is 0 Å². The number of nitrogens with zero attached hydrogens (tertiary/aromatic N) is 2. The highest BCUT2D eigenvalue weighted by atomic mass is 16.3. The van der Waals surface area contributed by atoms with Gasteiger partial charge in [-0.15, -0.1) is 0 Å². The van der Waals surface area contributed by atoms with E-state index < -0.39 is 0 Å². The van der Waals surface area contributed by atoms with E-state index in [0.717, 1.165) is 24.2 Å². The third-order valence-electron chi connectivity index (χ3n) is 3.86. The molecule has 0 aliphatic carbocycles. The Bertz CT molecular complexity index is 482. The molecule has 0 amide bonds. The van der Waals surface area contributed by atoms with Crippen LogP contribution in [0.25, 0.3) is 0 Å². The van der Waals surface area contributed by atoms with Crippen molar-refractivity contribution in [2.24, 2.45) is 11.8 Å².